The van der Waals surface area contributed by atoms with Gasteiger partial charge in [-0.3, -0.25) is 4.79 Å². The van der Waals surface area contributed by atoms with Crippen LogP contribution in [0.3, 0.4) is 0 Å². The molecule has 29 heavy (non-hydrogen) atoms. The van der Waals surface area contributed by atoms with Gasteiger partial charge < -0.3 is 14.6 Å². The predicted molar refractivity (Wildman–Crippen MR) is 109 cm³/mol. The van der Waals surface area contributed by atoms with Crippen molar-refractivity contribution < 1.29 is 14.1 Å². The van der Waals surface area contributed by atoms with Crippen molar-refractivity contribution in [3.05, 3.63) is 77.4 Å². The van der Waals surface area contributed by atoms with Crippen molar-refractivity contribution in [2.45, 2.75) is 44.6 Å². The van der Waals surface area contributed by atoms with Crippen LogP contribution in [0.25, 0.3) is 0 Å². The van der Waals surface area contributed by atoms with Gasteiger partial charge in [0.15, 0.2) is 12.4 Å². The van der Waals surface area contributed by atoms with Gasteiger partial charge in [0.2, 0.25) is 5.89 Å². The van der Waals surface area contributed by atoms with Crippen LogP contribution in [0.1, 0.15) is 48.5 Å². The molecule has 1 aromatic heterocycles. The highest BCUT2D eigenvalue weighted by atomic mass is 16.5. The molecule has 1 aliphatic carbocycles. The van der Waals surface area contributed by atoms with E-state index in [0.717, 1.165) is 43.4 Å². The number of nitrogens with zero attached hydrogens (tertiary/aromatic N) is 2. The number of carbonyl (C=O) groups is 1. The molecular weight excluding hydrogens is 366 g/mol. The third-order valence-electron chi connectivity index (χ3n) is 5.36. The van der Waals surface area contributed by atoms with E-state index in [1.165, 1.54) is 5.56 Å². The molecule has 1 amide bonds. The first-order chi connectivity index (χ1) is 14.1. The number of hydrogen-bond donors (Lipinski definition) is 1. The lowest BCUT2D eigenvalue weighted by molar-refractivity contribution is -0.125. The minimum absolute atomic E-state index is 0.0512. The molecule has 2 aromatic carbocycles. The summed E-state index contributed by atoms with van der Waals surface area (Å²) in [6.07, 6.45) is 4.42. The van der Waals surface area contributed by atoms with Crippen LogP contribution in [-0.2, 0) is 16.8 Å². The molecule has 1 saturated carbocycles. The van der Waals surface area contributed by atoms with Crippen LogP contribution in [0.15, 0.2) is 59.1 Å². The molecule has 150 valence electrons. The Kier molecular flexibility index (Phi) is 5.60. The highest BCUT2D eigenvalue weighted by Gasteiger charge is 2.41. The Morgan fingerprint density at radius 1 is 1.10 bits per heavy atom. The van der Waals surface area contributed by atoms with Gasteiger partial charge in [0, 0.05) is 13.3 Å². The standard InChI is InChI=1S/C23H25N3O3/c1-17-24-22(26-29-17)23(13-7-8-14-23)25-21(27)16-28-20-12-6-5-11-19(20)15-18-9-3-2-4-10-18/h2-6,9-12H,7-8,13-16H2,1H3,(H,25,27). The maximum Gasteiger partial charge on any atom is 0.258 e. The van der Waals surface area contributed by atoms with Crippen molar-refractivity contribution in [1.82, 2.24) is 15.5 Å². The molecular formula is C23H25N3O3. The summed E-state index contributed by atoms with van der Waals surface area (Å²) in [7, 11) is 0. The summed E-state index contributed by atoms with van der Waals surface area (Å²) in [6, 6.07) is 18.0. The number of hydrogen-bond acceptors (Lipinski definition) is 5. The number of ether oxygens (including phenoxy) is 1. The first-order valence-electron chi connectivity index (χ1n) is 10.0. The zero-order valence-electron chi connectivity index (χ0n) is 16.6. The molecule has 3 aromatic rings. The van der Waals surface area contributed by atoms with Gasteiger partial charge in [0.25, 0.3) is 5.91 Å². The van der Waals surface area contributed by atoms with E-state index in [-0.39, 0.29) is 12.5 Å². The first kappa shape index (κ1) is 19.2. The van der Waals surface area contributed by atoms with E-state index in [0.29, 0.717) is 11.7 Å². The van der Waals surface area contributed by atoms with Crippen molar-refractivity contribution in [3.8, 4) is 5.75 Å². The van der Waals surface area contributed by atoms with Crippen LogP contribution in [0, 0.1) is 6.92 Å². The molecule has 0 aliphatic heterocycles. The van der Waals surface area contributed by atoms with E-state index < -0.39 is 5.54 Å². The van der Waals surface area contributed by atoms with E-state index in [2.05, 4.69) is 27.6 Å². The third-order valence-corrected chi connectivity index (χ3v) is 5.36. The fraction of sp³-hybridized carbons (Fsp3) is 0.348. The SMILES string of the molecule is Cc1nc(C2(NC(=O)COc3ccccc3Cc3ccccc3)CCCC2)no1. The molecule has 0 unspecified atom stereocenters. The number of aromatic nitrogens is 2. The van der Waals surface area contributed by atoms with Crippen LogP contribution in [0.5, 0.6) is 5.75 Å². The molecule has 0 spiro atoms. The molecule has 6 nitrogen and oxygen atoms in total. The summed E-state index contributed by atoms with van der Waals surface area (Å²) >= 11 is 0. The molecule has 6 heteroatoms. The maximum absolute atomic E-state index is 12.7. The van der Waals surface area contributed by atoms with Crippen LogP contribution >= 0.6 is 0 Å². The maximum atomic E-state index is 12.7. The molecule has 0 bridgehead atoms. The van der Waals surface area contributed by atoms with Crippen molar-refractivity contribution >= 4 is 5.91 Å². The summed E-state index contributed by atoms with van der Waals surface area (Å²) in [4.78, 5) is 17.1. The van der Waals surface area contributed by atoms with Crippen LogP contribution in [0.2, 0.25) is 0 Å². The zero-order valence-corrected chi connectivity index (χ0v) is 16.6. The third kappa shape index (κ3) is 4.47. The summed E-state index contributed by atoms with van der Waals surface area (Å²) in [6.45, 7) is 1.71. The van der Waals surface area contributed by atoms with Gasteiger partial charge in [-0.1, -0.05) is 66.5 Å². The lowest BCUT2D eigenvalue weighted by Gasteiger charge is -2.26. The summed E-state index contributed by atoms with van der Waals surface area (Å²) in [5, 5.41) is 7.17. The van der Waals surface area contributed by atoms with E-state index in [9.17, 15) is 4.79 Å². The fourth-order valence-corrected chi connectivity index (χ4v) is 3.93. The average Bonchev–Trinajstić information content (AvgIpc) is 3.38. The van der Waals surface area contributed by atoms with Gasteiger partial charge in [-0.2, -0.15) is 4.98 Å². The van der Waals surface area contributed by atoms with Gasteiger partial charge in [0.1, 0.15) is 11.3 Å². The van der Waals surface area contributed by atoms with Crippen LogP contribution in [0.4, 0.5) is 0 Å². The molecule has 4 rings (SSSR count). The second-order valence-electron chi connectivity index (χ2n) is 7.53. The highest BCUT2D eigenvalue weighted by Crippen LogP contribution is 2.37. The minimum atomic E-state index is -0.554. The van der Waals surface area contributed by atoms with E-state index in [1.807, 2.05) is 42.5 Å². The topological polar surface area (TPSA) is 77.2 Å². The summed E-state index contributed by atoms with van der Waals surface area (Å²) < 4.78 is 11.0. The van der Waals surface area contributed by atoms with Gasteiger partial charge in [0.05, 0.1) is 0 Å². The summed E-state index contributed by atoms with van der Waals surface area (Å²) in [5.41, 5.74) is 1.70. The molecule has 0 saturated heterocycles. The quantitative estimate of drug-likeness (QED) is 0.660. The van der Waals surface area contributed by atoms with Gasteiger partial charge in [-0.15, -0.1) is 0 Å². The average molecular weight is 391 g/mol. The Balaban J connectivity index is 1.42. The largest absolute Gasteiger partial charge is 0.483 e. The normalized spacial score (nSPS) is 15.2. The van der Waals surface area contributed by atoms with E-state index in [4.69, 9.17) is 9.26 Å². The smallest absolute Gasteiger partial charge is 0.258 e. The van der Waals surface area contributed by atoms with E-state index in [1.54, 1.807) is 6.92 Å². The molecule has 1 aliphatic rings. The lowest BCUT2D eigenvalue weighted by atomic mass is 9.96. The minimum Gasteiger partial charge on any atom is -0.483 e. The molecule has 1 fully saturated rings. The Labute approximate surface area is 170 Å². The molecule has 1 N–H and O–H groups in total. The lowest BCUT2D eigenvalue weighted by Crippen LogP contribution is -2.46. The van der Waals surface area contributed by atoms with Gasteiger partial charge in [-0.25, -0.2) is 0 Å². The fourth-order valence-electron chi connectivity index (χ4n) is 3.93. The Hall–Kier alpha value is -3.15. The molecule has 0 atom stereocenters. The summed E-state index contributed by atoms with van der Waals surface area (Å²) in [5.74, 6) is 1.61. The number of aryl methyl sites for hydroxylation is 1. The highest BCUT2D eigenvalue weighted by molar-refractivity contribution is 5.78. The van der Waals surface area contributed by atoms with Crippen molar-refractivity contribution in [2.24, 2.45) is 0 Å². The number of benzene rings is 2. The number of para-hydroxylation sites is 1. The number of carbonyl (C=O) groups excluding carboxylic acids is 1. The van der Waals surface area contributed by atoms with Crippen molar-refractivity contribution in [3.63, 3.8) is 0 Å². The van der Waals surface area contributed by atoms with Crippen LogP contribution < -0.4 is 10.1 Å². The van der Waals surface area contributed by atoms with Crippen LogP contribution in [-0.4, -0.2) is 22.7 Å². The van der Waals surface area contributed by atoms with E-state index >= 15 is 0 Å². The first-order valence-corrected chi connectivity index (χ1v) is 10.0. The molecule has 0 radical (unpaired) electrons. The Morgan fingerprint density at radius 2 is 1.83 bits per heavy atom. The number of nitrogens with one attached hydrogen (secondary N) is 1. The molecule has 1 heterocycles. The Morgan fingerprint density at radius 3 is 2.55 bits per heavy atom. The second kappa shape index (κ2) is 8.47. The zero-order chi connectivity index (χ0) is 20.1. The van der Waals surface area contributed by atoms with Crippen molar-refractivity contribution in [1.29, 1.82) is 0 Å². The van der Waals surface area contributed by atoms with Gasteiger partial charge >= 0.3 is 0 Å². The predicted octanol–water partition coefficient (Wildman–Crippen LogP) is 3.93. The van der Waals surface area contributed by atoms with Gasteiger partial charge in [-0.05, 0) is 30.0 Å². The monoisotopic (exact) mass is 391 g/mol. The number of rotatable bonds is 7. The van der Waals surface area contributed by atoms with Crippen molar-refractivity contribution in [2.75, 3.05) is 6.61 Å². The second-order valence-corrected chi connectivity index (χ2v) is 7.53. The number of amides is 1. The Bertz CT molecular complexity index is 962.